The zero-order valence-corrected chi connectivity index (χ0v) is 17.0. The predicted octanol–water partition coefficient (Wildman–Crippen LogP) is 3.05. The van der Waals surface area contributed by atoms with Gasteiger partial charge in [-0.3, -0.25) is 4.79 Å². The Morgan fingerprint density at radius 1 is 1.10 bits per heavy atom. The van der Waals surface area contributed by atoms with Gasteiger partial charge in [-0.1, -0.05) is 11.6 Å². The third-order valence-electron chi connectivity index (χ3n) is 5.34. The van der Waals surface area contributed by atoms with E-state index >= 15 is 0 Å². The Balaban J connectivity index is 1.31. The van der Waals surface area contributed by atoms with Gasteiger partial charge in [-0.25, -0.2) is 0 Å². The number of hydrogen-bond donors (Lipinski definition) is 2. The van der Waals surface area contributed by atoms with Crippen molar-refractivity contribution in [1.29, 1.82) is 0 Å². The van der Waals surface area contributed by atoms with Crippen LogP contribution in [0.4, 0.5) is 5.69 Å². The minimum atomic E-state index is 0.0112. The zero-order valence-electron chi connectivity index (χ0n) is 16.2. The highest BCUT2D eigenvalue weighted by atomic mass is 35.5. The number of hydrogen-bond acceptors (Lipinski definition) is 4. The van der Waals surface area contributed by atoms with E-state index in [2.05, 4.69) is 9.88 Å². The number of ether oxygens (including phenoxy) is 1. The highest BCUT2D eigenvalue weighted by molar-refractivity contribution is 6.30. The lowest BCUT2D eigenvalue weighted by Gasteiger charge is -2.36. The number of aromatic nitrogens is 1. The van der Waals surface area contributed by atoms with Crippen molar-refractivity contribution in [2.45, 2.75) is 6.42 Å². The number of benzene rings is 2. The standard InChI is InChI=1S/C22H25ClN4O2/c23-17-1-3-18(4-2-17)26-9-11-27(12-10-26)22(28)15-29-19-5-6-21-20(13-19)16(7-8-24)14-25-21/h1-6,13-14,25H,7-12,15,24H2. The van der Waals surface area contributed by atoms with Gasteiger partial charge in [-0.15, -0.1) is 0 Å². The average molecular weight is 413 g/mol. The highest BCUT2D eigenvalue weighted by Crippen LogP contribution is 2.24. The lowest BCUT2D eigenvalue weighted by molar-refractivity contribution is -0.133. The molecule has 1 aliphatic rings. The summed E-state index contributed by atoms with van der Waals surface area (Å²) in [4.78, 5) is 19.9. The molecule has 0 aliphatic carbocycles. The van der Waals surface area contributed by atoms with Gasteiger partial charge in [0.2, 0.25) is 0 Å². The van der Waals surface area contributed by atoms with Gasteiger partial charge in [0.25, 0.3) is 5.91 Å². The summed E-state index contributed by atoms with van der Waals surface area (Å²) < 4.78 is 5.79. The van der Waals surface area contributed by atoms with Gasteiger partial charge in [-0.2, -0.15) is 0 Å². The SMILES string of the molecule is NCCc1c[nH]c2ccc(OCC(=O)N3CCN(c4ccc(Cl)cc4)CC3)cc12. The average Bonchev–Trinajstić information content (AvgIpc) is 3.15. The third kappa shape index (κ3) is 4.49. The first-order chi connectivity index (χ1) is 14.1. The van der Waals surface area contributed by atoms with Gasteiger partial charge in [0.05, 0.1) is 0 Å². The van der Waals surface area contributed by atoms with Crippen LogP contribution in [0.3, 0.4) is 0 Å². The Morgan fingerprint density at radius 3 is 2.59 bits per heavy atom. The van der Waals surface area contributed by atoms with Crippen molar-refractivity contribution in [2.75, 3.05) is 44.2 Å². The van der Waals surface area contributed by atoms with Crippen LogP contribution in [0.25, 0.3) is 10.9 Å². The summed E-state index contributed by atoms with van der Waals surface area (Å²) in [5.74, 6) is 0.709. The molecule has 0 spiro atoms. The number of carbonyl (C=O) groups excluding carboxylic acids is 1. The minimum absolute atomic E-state index is 0.0112. The molecule has 1 amide bonds. The quantitative estimate of drug-likeness (QED) is 0.652. The number of nitrogens with two attached hydrogens (primary N) is 1. The molecule has 29 heavy (non-hydrogen) atoms. The van der Waals surface area contributed by atoms with E-state index in [1.165, 1.54) is 0 Å². The summed E-state index contributed by atoms with van der Waals surface area (Å²) in [5.41, 5.74) is 9.02. The van der Waals surface area contributed by atoms with Crippen LogP contribution in [0, 0.1) is 0 Å². The molecule has 0 unspecified atom stereocenters. The summed E-state index contributed by atoms with van der Waals surface area (Å²) in [6.07, 6.45) is 2.78. The molecule has 1 aromatic heterocycles. The molecule has 1 fully saturated rings. The lowest BCUT2D eigenvalue weighted by Crippen LogP contribution is -2.50. The molecule has 2 aromatic carbocycles. The van der Waals surface area contributed by atoms with Gasteiger partial charge in [0.1, 0.15) is 5.75 Å². The fourth-order valence-corrected chi connectivity index (χ4v) is 3.84. The molecule has 0 bridgehead atoms. The number of rotatable bonds is 6. The smallest absolute Gasteiger partial charge is 0.260 e. The first kappa shape index (κ1) is 19.6. The number of carbonyl (C=O) groups is 1. The molecule has 0 radical (unpaired) electrons. The van der Waals surface area contributed by atoms with Crippen molar-refractivity contribution in [3.63, 3.8) is 0 Å². The number of amides is 1. The molecule has 3 N–H and O–H groups in total. The molecule has 152 valence electrons. The monoisotopic (exact) mass is 412 g/mol. The number of anilines is 1. The van der Waals surface area contributed by atoms with E-state index in [1.807, 2.05) is 53.6 Å². The van der Waals surface area contributed by atoms with Crippen LogP contribution in [0.15, 0.2) is 48.7 Å². The van der Waals surface area contributed by atoms with Crippen LogP contribution >= 0.6 is 11.6 Å². The van der Waals surface area contributed by atoms with Gasteiger partial charge >= 0.3 is 0 Å². The molecule has 0 saturated carbocycles. The maximum Gasteiger partial charge on any atom is 0.260 e. The summed E-state index contributed by atoms with van der Waals surface area (Å²) in [6.45, 7) is 3.60. The van der Waals surface area contributed by atoms with Crippen molar-refractivity contribution in [3.05, 3.63) is 59.2 Å². The van der Waals surface area contributed by atoms with Crippen LogP contribution in [-0.2, 0) is 11.2 Å². The summed E-state index contributed by atoms with van der Waals surface area (Å²) in [6, 6.07) is 13.6. The predicted molar refractivity (Wildman–Crippen MR) is 117 cm³/mol. The van der Waals surface area contributed by atoms with Crippen molar-refractivity contribution in [3.8, 4) is 5.75 Å². The highest BCUT2D eigenvalue weighted by Gasteiger charge is 2.21. The van der Waals surface area contributed by atoms with E-state index in [0.29, 0.717) is 25.4 Å². The van der Waals surface area contributed by atoms with E-state index in [0.717, 1.165) is 46.7 Å². The second-order valence-electron chi connectivity index (χ2n) is 7.19. The van der Waals surface area contributed by atoms with Gasteiger partial charge < -0.3 is 25.3 Å². The van der Waals surface area contributed by atoms with Crippen LogP contribution < -0.4 is 15.4 Å². The molecule has 1 aliphatic heterocycles. The minimum Gasteiger partial charge on any atom is -0.484 e. The van der Waals surface area contributed by atoms with E-state index in [1.54, 1.807) is 0 Å². The molecule has 4 rings (SSSR count). The van der Waals surface area contributed by atoms with E-state index in [9.17, 15) is 4.79 Å². The number of halogens is 1. The van der Waals surface area contributed by atoms with Crippen molar-refractivity contribution >= 4 is 34.1 Å². The Labute approximate surface area is 175 Å². The maximum atomic E-state index is 12.6. The Kier molecular flexibility index (Phi) is 5.92. The molecule has 0 atom stereocenters. The summed E-state index contributed by atoms with van der Waals surface area (Å²) in [5, 5.41) is 1.82. The number of aromatic amines is 1. The van der Waals surface area contributed by atoms with Crippen molar-refractivity contribution < 1.29 is 9.53 Å². The second kappa shape index (κ2) is 8.76. The Bertz CT molecular complexity index is 978. The maximum absolute atomic E-state index is 12.6. The van der Waals surface area contributed by atoms with Gasteiger partial charge in [-0.05, 0) is 61.0 Å². The molecular weight excluding hydrogens is 388 g/mol. The third-order valence-corrected chi connectivity index (χ3v) is 5.59. The number of fused-ring (bicyclic) bond motifs is 1. The first-order valence-corrected chi connectivity index (χ1v) is 10.2. The number of piperazine rings is 1. The van der Waals surface area contributed by atoms with Gasteiger partial charge in [0, 0.05) is 54.0 Å². The van der Waals surface area contributed by atoms with Crippen LogP contribution in [0.1, 0.15) is 5.56 Å². The van der Waals surface area contributed by atoms with Crippen LogP contribution in [0.5, 0.6) is 5.75 Å². The second-order valence-corrected chi connectivity index (χ2v) is 7.63. The van der Waals surface area contributed by atoms with E-state index in [4.69, 9.17) is 22.1 Å². The van der Waals surface area contributed by atoms with E-state index < -0.39 is 0 Å². The number of nitrogens with zero attached hydrogens (tertiary/aromatic N) is 2. The zero-order chi connectivity index (χ0) is 20.2. The van der Waals surface area contributed by atoms with E-state index in [-0.39, 0.29) is 12.5 Å². The fourth-order valence-electron chi connectivity index (χ4n) is 3.71. The lowest BCUT2D eigenvalue weighted by atomic mass is 10.1. The Morgan fingerprint density at radius 2 is 1.86 bits per heavy atom. The number of H-pyrrole nitrogens is 1. The summed E-state index contributed by atoms with van der Waals surface area (Å²) in [7, 11) is 0. The molecule has 3 aromatic rings. The largest absolute Gasteiger partial charge is 0.484 e. The topological polar surface area (TPSA) is 74.6 Å². The molecule has 6 nitrogen and oxygen atoms in total. The number of nitrogens with one attached hydrogen (secondary N) is 1. The molecule has 1 saturated heterocycles. The normalized spacial score (nSPS) is 14.4. The fraction of sp³-hybridized carbons (Fsp3) is 0.318. The van der Waals surface area contributed by atoms with Crippen molar-refractivity contribution in [2.24, 2.45) is 5.73 Å². The Hall–Kier alpha value is -2.70. The molecular formula is C22H25ClN4O2. The first-order valence-electron chi connectivity index (χ1n) is 9.85. The van der Waals surface area contributed by atoms with Crippen LogP contribution in [0.2, 0.25) is 5.02 Å². The molecule has 7 heteroatoms. The summed E-state index contributed by atoms with van der Waals surface area (Å²) >= 11 is 5.96. The van der Waals surface area contributed by atoms with Crippen molar-refractivity contribution in [1.82, 2.24) is 9.88 Å². The van der Waals surface area contributed by atoms with Crippen LogP contribution in [-0.4, -0.2) is 55.1 Å². The molecule has 2 heterocycles. The van der Waals surface area contributed by atoms with Gasteiger partial charge in [0.15, 0.2) is 6.61 Å².